The molecule has 0 aromatic carbocycles. The summed E-state index contributed by atoms with van der Waals surface area (Å²) in [5.41, 5.74) is 4.65. The average Bonchev–Trinajstić information content (AvgIpc) is 2.30. The van der Waals surface area contributed by atoms with Gasteiger partial charge in [-0.1, -0.05) is 12.2 Å². The molecule has 0 bridgehead atoms. The van der Waals surface area contributed by atoms with Crippen molar-refractivity contribution in [2.24, 2.45) is 12.8 Å². The van der Waals surface area contributed by atoms with Crippen molar-refractivity contribution >= 4 is 17.2 Å². The van der Waals surface area contributed by atoms with E-state index in [9.17, 15) is 13.2 Å². The summed E-state index contributed by atoms with van der Waals surface area (Å²) in [5, 5.41) is 3.31. The first-order valence-electron chi connectivity index (χ1n) is 3.69. The average molecular weight is 223 g/mol. The Morgan fingerprint density at radius 2 is 2.21 bits per heavy atom. The zero-order chi connectivity index (χ0) is 10.9. The maximum absolute atomic E-state index is 12.2. The van der Waals surface area contributed by atoms with Gasteiger partial charge >= 0.3 is 6.18 Å². The molecule has 1 aromatic rings. The van der Waals surface area contributed by atoms with Crippen molar-refractivity contribution in [1.29, 1.82) is 0 Å². The van der Waals surface area contributed by atoms with Gasteiger partial charge in [-0.05, 0) is 6.07 Å². The van der Waals surface area contributed by atoms with Crippen molar-refractivity contribution < 1.29 is 13.2 Å². The van der Waals surface area contributed by atoms with Gasteiger partial charge in [0, 0.05) is 19.2 Å². The number of alkyl halides is 3. The van der Waals surface area contributed by atoms with E-state index in [-0.39, 0.29) is 11.4 Å². The van der Waals surface area contributed by atoms with Crippen molar-refractivity contribution in [3.05, 3.63) is 17.5 Å². The number of thiocarbonyl (C=S) groups is 1. The molecular formula is C7H8F3N3S. The van der Waals surface area contributed by atoms with Gasteiger partial charge in [-0.25, -0.2) is 0 Å². The van der Waals surface area contributed by atoms with E-state index < -0.39 is 11.9 Å². The molecule has 7 heteroatoms. The molecule has 0 saturated heterocycles. The summed E-state index contributed by atoms with van der Waals surface area (Å²) in [5.74, 6) is 0. The lowest BCUT2D eigenvalue weighted by Gasteiger charge is -1.99. The zero-order valence-electron chi connectivity index (χ0n) is 7.30. The second-order valence-electron chi connectivity index (χ2n) is 2.79. The number of hydrogen-bond acceptors (Lipinski definition) is 2. The van der Waals surface area contributed by atoms with E-state index in [0.717, 1.165) is 10.7 Å². The highest BCUT2D eigenvalue weighted by molar-refractivity contribution is 7.80. The first kappa shape index (κ1) is 11.0. The second kappa shape index (κ2) is 3.56. The standard InChI is InChI=1S/C7H8F3N3S/c1-13-4(3-6(11)14)2-5(12-13)7(8,9)10/h2H,3H2,1H3,(H2,11,14). The number of aromatic nitrogens is 2. The Morgan fingerprint density at radius 3 is 2.57 bits per heavy atom. The van der Waals surface area contributed by atoms with Gasteiger partial charge in [0.05, 0.1) is 4.99 Å². The maximum atomic E-state index is 12.2. The fourth-order valence-electron chi connectivity index (χ4n) is 0.988. The van der Waals surface area contributed by atoms with Crippen LogP contribution in [0.4, 0.5) is 13.2 Å². The van der Waals surface area contributed by atoms with Crippen LogP contribution in [0.5, 0.6) is 0 Å². The quantitative estimate of drug-likeness (QED) is 0.768. The highest BCUT2D eigenvalue weighted by Crippen LogP contribution is 2.28. The number of aryl methyl sites for hydroxylation is 1. The van der Waals surface area contributed by atoms with Crippen LogP contribution in [0.1, 0.15) is 11.4 Å². The number of hydrogen-bond donors (Lipinski definition) is 1. The molecule has 2 N–H and O–H groups in total. The van der Waals surface area contributed by atoms with Crippen molar-refractivity contribution in [2.75, 3.05) is 0 Å². The predicted molar refractivity (Wildman–Crippen MR) is 48.7 cm³/mol. The van der Waals surface area contributed by atoms with E-state index in [2.05, 4.69) is 17.3 Å². The third kappa shape index (κ3) is 2.44. The number of halogens is 3. The molecule has 78 valence electrons. The normalized spacial score (nSPS) is 11.7. The summed E-state index contributed by atoms with van der Waals surface area (Å²) in [6.07, 6.45) is -4.30. The van der Waals surface area contributed by atoms with Crippen LogP contribution in [0.25, 0.3) is 0 Å². The van der Waals surface area contributed by atoms with Crippen molar-refractivity contribution in [3.8, 4) is 0 Å². The molecule has 0 saturated carbocycles. The van der Waals surface area contributed by atoms with E-state index >= 15 is 0 Å². The van der Waals surface area contributed by atoms with E-state index in [4.69, 9.17) is 5.73 Å². The summed E-state index contributed by atoms with van der Waals surface area (Å²) in [7, 11) is 1.42. The van der Waals surface area contributed by atoms with Crippen LogP contribution in [-0.2, 0) is 19.6 Å². The Hall–Kier alpha value is -1.11. The number of nitrogens with zero attached hydrogens (tertiary/aromatic N) is 2. The molecule has 0 unspecified atom stereocenters. The van der Waals surface area contributed by atoms with Gasteiger partial charge in [-0.3, -0.25) is 4.68 Å². The van der Waals surface area contributed by atoms with Crippen LogP contribution in [-0.4, -0.2) is 14.8 Å². The van der Waals surface area contributed by atoms with Gasteiger partial charge in [0.2, 0.25) is 0 Å². The summed E-state index contributed by atoms with van der Waals surface area (Å²) in [6.45, 7) is 0. The summed E-state index contributed by atoms with van der Waals surface area (Å²) in [4.78, 5) is 0.140. The molecule has 0 fully saturated rings. The molecule has 0 amide bonds. The first-order chi connectivity index (χ1) is 6.30. The van der Waals surface area contributed by atoms with Crippen molar-refractivity contribution in [3.63, 3.8) is 0 Å². The molecule has 0 radical (unpaired) electrons. The van der Waals surface area contributed by atoms with Crippen molar-refractivity contribution in [2.45, 2.75) is 12.6 Å². The molecule has 0 aliphatic rings. The van der Waals surface area contributed by atoms with E-state index in [0.29, 0.717) is 5.69 Å². The highest BCUT2D eigenvalue weighted by atomic mass is 32.1. The molecule has 0 aliphatic heterocycles. The highest BCUT2D eigenvalue weighted by Gasteiger charge is 2.34. The van der Waals surface area contributed by atoms with Crippen molar-refractivity contribution in [1.82, 2.24) is 9.78 Å². The van der Waals surface area contributed by atoms with Gasteiger partial charge in [-0.15, -0.1) is 0 Å². The fraction of sp³-hybridized carbons (Fsp3) is 0.429. The molecule has 3 nitrogen and oxygen atoms in total. The molecule has 1 heterocycles. The molecule has 1 rings (SSSR count). The Labute approximate surface area is 83.7 Å². The van der Waals surface area contributed by atoms with Crippen LogP contribution >= 0.6 is 12.2 Å². The number of nitrogens with two attached hydrogens (primary N) is 1. The molecule has 0 atom stereocenters. The van der Waals surface area contributed by atoms with E-state index in [1.54, 1.807) is 0 Å². The largest absolute Gasteiger partial charge is 0.435 e. The van der Waals surface area contributed by atoms with E-state index in [1.807, 2.05) is 0 Å². The molecular weight excluding hydrogens is 215 g/mol. The smallest absolute Gasteiger partial charge is 0.393 e. The van der Waals surface area contributed by atoms with Gasteiger partial charge in [0.25, 0.3) is 0 Å². The monoisotopic (exact) mass is 223 g/mol. The topological polar surface area (TPSA) is 43.8 Å². The minimum absolute atomic E-state index is 0.120. The van der Waals surface area contributed by atoms with Gasteiger partial charge in [0.1, 0.15) is 0 Å². The third-order valence-electron chi connectivity index (χ3n) is 1.62. The third-order valence-corrected chi connectivity index (χ3v) is 1.77. The predicted octanol–water partition coefficient (Wildman–Crippen LogP) is 1.27. The Bertz CT molecular complexity index is 356. The first-order valence-corrected chi connectivity index (χ1v) is 4.10. The Balaban J connectivity index is 2.99. The lowest BCUT2D eigenvalue weighted by molar-refractivity contribution is -0.141. The molecule has 1 aromatic heterocycles. The minimum Gasteiger partial charge on any atom is -0.393 e. The summed E-state index contributed by atoms with van der Waals surface area (Å²) < 4.78 is 37.7. The lowest BCUT2D eigenvalue weighted by atomic mass is 10.3. The summed E-state index contributed by atoms with van der Waals surface area (Å²) in [6, 6.07) is 0.944. The Morgan fingerprint density at radius 1 is 1.64 bits per heavy atom. The SMILES string of the molecule is Cn1nc(C(F)(F)F)cc1CC(N)=S. The van der Waals surface area contributed by atoms with Crippen LogP contribution < -0.4 is 5.73 Å². The fourth-order valence-corrected chi connectivity index (χ4v) is 1.14. The minimum atomic E-state index is -4.42. The number of rotatable bonds is 2. The summed E-state index contributed by atoms with van der Waals surface area (Å²) >= 11 is 4.60. The van der Waals surface area contributed by atoms with Crippen LogP contribution in [0.15, 0.2) is 6.07 Å². The van der Waals surface area contributed by atoms with Gasteiger partial charge < -0.3 is 5.73 Å². The Kier molecular flexibility index (Phi) is 2.79. The molecule has 0 spiro atoms. The van der Waals surface area contributed by atoms with Crippen LogP contribution in [0.3, 0.4) is 0 Å². The van der Waals surface area contributed by atoms with Gasteiger partial charge in [0.15, 0.2) is 5.69 Å². The van der Waals surface area contributed by atoms with E-state index in [1.165, 1.54) is 7.05 Å². The maximum Gasteiger partial charge on any atom is 0.435 e. The van der Waals surface area contributed by atoms with Gasteiger partial charge in [-0.2, -0.15) is 18.3 Å². The van der Waals surface area contributed by atoms with Crippen LogP contribution in [0, 0.1) is 0 Å². The van der Waals surface area contributed by atoms with Crippen LogP contribution in [0.2, 0.25) is 0 Å². The molecule has 0 aliphatic carbocycles. The molecule has 14 heavy (non-hydrogen) atoms. The zero-order valence-corrected chi connectivity index (χ0v) is 8.11. The lowest BCUT2D eigenvalue weighted by Crippen LogP contribution is -2.13. The second-order valence-corrected chi connectivity index (χ2v) is 3.31.